The molecule has 0 saturated carbocycles. The van der Waals surface area contributed by atoms with Crippen LogP contribution in [0.15, 0.2) is 36.4 Å². The van der Waals surface area contributed by atoms with Gasteiger partial charge < -0.3 is 15.4 Å². The smallest absolute Gasteiger partial charge is 0.262 e. The van der Waals surface area contributed by atoms with Gasteiger partial charge in [-0.05, 0) is 36.8 Å². The monoisotopic (exact) mass is 414 g/mol. The Balaban J connectivity index is 1.88. The van der Waals surface area contributed by atoms with E-state index in [2.05, 4.69) is 10.6 Å². The molecule has 8 heteroatoms. The van der Waals surface area contributed by atoms with Crippen LogP contribution in [0.5, 0.6) is 5.75 Å². The number of carbonyl (C=O) groups is 2. The summed E-state index contributed by atoms with van der Waals surface area (Å²) in [5, 5.41) is 6.31. The predicted molar refractivity (Wildman–Crippen MR) is 106 cm³/mol. The molecule has 2 rings (SSSR count). The molecule has 0 saturated heterocycles. The van der Waals surface area contributed by atoms with Gasteiger partial charge in [-0.3, -0.25) is 9.59 Å². The molecule has 0 aliphatic rings. The summed E-state index contributed by atoms with van der Waals surface area (Å²) in [6.07, 6.45) is 1.25. The van der Waals surface area contributed by atoms with Crippen molar-refractivity contribution in [3.8, 4) is 5.75 Å². The first-order valence-corrected chi connectivity index (χ1v) is 8.99. The van der Waals surface area contributed by atoms with E-state index in [0.29, 0.717) is 22.8 Å². The van der Waals surface area contributed by atoms with Gasteiger partial charge in [0.05, 0.1) is 15.1 Å². The molecule has 2 aromatic carbocycles. The molecule has 0 fully saturated rings. The Morgan fingerprint density at radius 3 is 2.00 bits per heavy atom. The maximum Gasteiger partial charge on any atom is 0.262 e. The molecule has 138 valence electrons. The van der Waals surface area contributed by atoms with Gasteiger partial charge in [0.25, 0.3) is 5.91 Å². The molecule has 0 radical (unpaired) electrons. The molecule has 2 amide bonds. The summed E-state index contributed by atoms with van der Waals surface area (Å²) in [5.74, 6) is -0.142. The summed E-state index contributed by atoms with van der Waals surface area (Å²) in [4.78, 5) is 23.5. The zero-order chi connectivity index (χ0) is 19.1. The first-order chi connectivity index (χ1) is 12.4. The second kappa shape index (κ2) is 9.67. The van der Waals surface area contributed by atoms with Crippen molar-refractivity contribution in [2.75, 3.05) is 17.2 Å². The Kier molecular flexibility index (Phi) is 7.57. The molecule has 26 heavy (non-hydrogen) atoms. The lowest BCUT2D eigenvalue weighted by Gasteiger charge is -2.10. The summed E-state index contributed by atoms with van der Waals surface area (Å²) in [5.41, 5.74) is 1.24. The molecule has 0 atom stereocenters. The maximum atomic E-state index is 12.0. The summed E-state index contributed by atoms with van der Waals surface area (Å²) < 4.78 is 5.37. The van der Waals surface area contributed by atoms with E-state index in [1.165, 1.54) is 12.1 Å². The van der Waals surface area contributed by atoms with E-state index in [9.17, 15) is 9.59 Å². The van der Waals surface area contributed by atoms with Crippen molar-refractivity contribution in [2.45, 2.75) is 19.8 Å². The van der Waals surface area contributed by atoms with Crippen LogP contribution < -0.4 is 15.4 Å². The van der Waals surface area contributed by atoms with E-state index in [1.54, 1.807) is 24.3 Å². The second-order valence-electron chi connectivity index (χ2n) is 5.41. The fourth-order valence-electron chi connectivity index (χ4n) is 2.04. The van der Waals surface area contributed by atoms with Gasteiger partial charge in [-0.2, -0.15) is 0 Å². The average molecular weight is 416 g/mol. The quantitative estimate of drug-likeness (QED) is 0.595. The zero-order valence-electron chi connectivity index (χ0n) is 13.9. The normalized spacial score (nSPS) is 10.3. The van der Waals surface area contributed by atoms with Crippen LogP contribution in [-0.2, 0) is 9.59 Å². The lowest BCUT2D eigenvalue weighted by atomic mass is 10.2. The van der Waals surface area contributed by atoms with Crippen LogP contribution >= 0.6 is 34.8 Å². The molecule has 0 bridgehead atoms. The van der Waals surface area contributed by atoms with E-state index in [1.807, 2.05) is 6.92 Å². The minimum absolute atomic E-state index is 0.0452. The van der Waals surface area contributed by atoms with Crippen molar-refractivity contribution in [1.29, 1.82) is 0 Å². The molecule has 5 nitrogen and oxygen atoms in total. The molecule has 0 heterocycles. The number of rotatable bonds is 7. The molecule has 0 spiro atoms. The lowest BCUT2D eigenvalue weighted by Crippen LogP contribution is -2.20. The van der Waals surface area contributed by atoms with Gasteiger partial charge in [-0.25, -0.2) is 0 Å². The molecule has 2 aromatic rings. The highest BCUT2D eigenvalue weighted by atomic mass is 35.5. The van der Waals surface area contributed by atoms with Gasteiger partial charge in [0.15, 0.2) is 6.61 Å². The predicted octanol–water partition coefficient (Wildman–Crippen LogP) is 5.40. The van der Waals surface area contributed by atoms with Crippen LogP contribution in [0, 0.1) is 0 Å². The third kappa shape index (κ3) is 6.09. The molecular formula is C18H17Cl3N2O3. The molecule has 0 unspecified atom stereocenters. The minimum atomic E-state index is -0.366. The van der Waals surface area contributed by atoms with Gasteiger partial charge in [0.2, 0.25) is 5.91 Å². The van der Waals surface area contributed by atoms with E-state index in [0.717, 1.165) is 6.42 Å². The average Bonchev–Trinajstić information content (AvgIpc) is 2.59. The van der Waals surface area contributed by atoms with Crippen molar-refractivity contribution in [3.63, 3.8) is 0 Å². The highest BCUT2D eigenvalue weighted by Gasteiger charge is 2.10. The van der Waals surface area contributed by atoms with Crippen molar-refractivity contribution in [3.05, 3.63) is 51.5 Å². The Morgan fingerprint density at radius 1 is 0.885 bits per heavy atom. The summed E-state index contributed by atoms with van der Waals surface area (Å²) in [7, 11) is 0. The van der Waals surface area contributed by atoms with E-state index >= 15 is 0 Å². The van der Waals surface area contributed by atoms with Crippen molar-refractivity contribution >= 4 is 58.0 Å². The second-order valence-corrected chi connectivity index (χ2v) is 6.63. The summed E-state index contributed by atoms with van der Waals surface area (Å²) >= 11 is 17.7. The molecule has 0 aromatic heterocycles. The first kappa shape index (κ1) is 20.4. The number of hydrogen-bond donors (Lipinski definition) is 2. The largest absolute Gasteiger partial charge is 0.482 e. The zero-order valence-corrected chi connectivity index (χ0v) is 16.2. The number of hydrogen-bond acceptors (Lipinski definition) is 3. The summed E-state index contributed by atoms with van der Waals surface area (Å²) in [6, 6.07) is 9.69. The van der Waals surface area contributed by atoms with Gasteiger partial charge >= 0.3 is 0 Å². The molecule has 0 aliphatic carbocycles. The van der Waals surface area contributed by atoms with Crippen LogP contribution in [0.1, 0.15) is 19.8 Å². The topological polar surface area (TPSA) is 67.4 Å². The number of carbonyl (C=O) groups excluding carboxylic acids is 2. The third-order valence-corrected chi connectivity index (χ3v) is 4.28. The lowest BCUT2D eigenvalue weighted by molar-refractivity contribution is -0.118. The van der Waals surface area contributed by atoms with Gasteiger partial charge in [-0.15, -0.1) is 0 Å². The Hall–Kier alpha value is -1.95. The summed E-state index contributed by atoms with van der Waals surface area (Å²) in [6.45, 7) is 1.69. The van der Waals surface area contributed by atoms with Crippen molar-refractivity contribution < 1.29 is 14.3 Å². The molecule has 0 aliphatic heterocycles. The van der Waals surface area contributed by atoms with Crippen LogP contribution in [0.25, 0.3) is 0 Å². The SMILES string of the molecule is CCCC(=O)Nc1ccc(NC(=O)COc2cc(Cl)c(Cl)cc2Cl)cc1. The number of benzene rings is 2. The molecular weight excluding hydrogens is 399 g/mol. The number of ether oxygens (including phenoxy) is 1. The fourth-order valence-corrected chi connectivity index (χ4v) is 2.63. The fraction of sp³-hybridized carbons (Fsp3) is 0.222. The number of anilines is 2. The van der Waals surface area contributed by atoms with E-state index in [4.69, 9.17) is 39.5 Å². The Bertz CT molecular complexity index is 795. The Morgan fingerprint density at radius 2 is 1.42 bits per heavy atom. The number of halogens is 3. The Labute approximate surface area is 166 Å². The van der Waals surface area contributed by atoms with E-state index in [-0.39, 0.29) is 34.2 Å². The maximum absolute atomic E-state index is 12.0. The number of amides is 2. The first-order valence-electron chi connectivity index (χ1n) is 7.86. The van der Waals surface area contributed by atoms with Crippen LogP contribution in [0.2, 0.25) is 15.1 Å². The van der Waals surface area contributed by atoms with E-state index < -0.39 is 0 Å². The van der Waals surface area contributed by atoms with Gasteiger partial charge in [-0.1, -0.05) is 41.7 Å². The third-order valence-electron chi connectivity index (χ3n) is 3.26. The minimum Gasteiger partial charge on any atom is -0.482 e. The van der Waals surface area contributed by atoms with Gasteiger partial charge in [0.1, 0.15) is 5.75 Å². The highest BCUT2D eigenvalue weighted by Crippen LogP contribution is 2.33. The van der Waals surface area contributed by atoms with Gasteiger partial charge in [0, 0.05) is 23.9 Å². The van der Waals surface area contributed by atoms with Crippen LogP contribution in [0.3, 0.4) is 0 Å². The molecule has 2 N–H and O–H groups in total. The highest BCUT2D eigenvalue weighted by molar-refractivity contribution is 6.43. The van der Waals surface area contributed by atoms with Crippen LogP contribution in [0.4, 0.5) is 11.4 Å². The van der Waals surface area contributed by atoms with Crippen molar-refractivity contribution in [2.24, 2.45) is 0 Å². The van der Waals surface area contributed by atoms with Crippen LogP contribution in [-0.4, -0.2) is 18.4 Å². The van der Waals surface area contributed by atoms with Crippen molar-refractivity contribution in [1.82, 2.24) is 0 Å². The number of nitrogens with one attached hydrogen (secondary N) is 2. The standard InChI is InChI=1S/C18H17Cl3N2O3/c1-2-3-17(24)22-11-4-6-12(7-5-11)23-18(25)10-26-16-9-14(20)13(19)8-15(16)21/h4-9H,2-3,10H2,1H3,(H,22,24)(H,23,25).